The standard InChI is InChI=1S/C23H28N2O4/c1-3-19(18-9-5-4-6-10-18)23(27)29-17-22(26)25-15-13-24(14-16-25)20-11-7-8-12-21(20)28-2/h4-12,19H,3,13-17H2,1-2H3. The van der Waals surface area contributed by atoms with E-state index < -0.39 is 0 Å². The van der Waals surface area contributed by atoms with Gasteiger partial charge < -0.3 is 19.3 Å². The van der Waals surface area contributed by atoms with E-state index in [1.165, 1.54) is 0 Å². The molecule has 0 spiro atoms. The van der Waals surface area contributed by atoms with E-state index in [2.05, 4.69) is 4.90 Å². The van der Waals surface area contributed by atoms with E-state index in [0.717, 1.165) is 17.0 Å². The molecule has 1 aliphatic heterocycles. The minimum absolute atomic E-state index is 0.152. The van der Waals surface area contributed by atoms with E-state index in [0.29, 0.717) is 32.6 Å². The van der Waals surface area contributed by atoms with E-state index in [9.17, 15) is 9.59 Å². The second-order valence-corrected chi connectivity index (χ2v) is 7.02. The van der Waals surface area contributed by atoms with Crippen LogP contribution in [0.3, 0.4) is 0 Å². The molecule has 0 radical (unpaired) electrons. The third kappa shape index (κ3) is 5.08. The van der Waals surface area contributed by atoms with Crippen molar-refractivity contribution in [1.29, 1.82) is 0 Å². The van der Waals surface area contributed by atoms with Gasteiger partial charge in [-0.25, -0.2) is 0 Å². The van der Waals surface area contributed by atoms with Crippen LogP contribution in [-0.2, 0) is 14.3 Å². The lowest BCUT2D eigenvalue weighted by molar-refractivity contribution is -0.153. The first-order valence-electron chi connectivity index (χ1n) is 10.0. The third-order valence-corrected chi connectivity index (χ3v) is 5.29. The van der Waals surface area contributed by atoms with Crippen molar-refractivity contribution >= 4 is 17.6 Å². The molecule has 6 heteroatoms. The number of esters is 1. The van der Waals surface area contributed by atoms with Crippen molar-refractivity contribution in [2.45, 2.75) is 19.3 Å². The first kappa shape index (κ1) is 20.7. The van der Waals surface area contributed by atoms with Crippen LogP contribution in [0, 0.1) is 0 Å². The molecule has 0 bridgehead atoms. The number of nitrogens with zero attached hydrogens (tertiary/aromatic N) is 2. The smallest absolute Gasteiger partial charge is 0.313 e. The summed E-state index contributed by atoms with van der Waals surface area (Å²) in [6.45, 7) is 4.33. The highest BCUT2D eigenvalue weighted by atomic mass is 16.5. The Kier molecular flexibility index (Phi) is 7.11. The first-order chi connectivity index (χ1) is 14.1. The van der Waals surface area contributed by atoms with Crippen LogP contribution in [0.1, 0.15) is 24.8 Å². The van der Waals surface area contributed by atoms with Gasteiger partial charge in [0, 0.05) is 26.2 Å². The van der Waals surface area contributed by atoms with Crippen LogP contribution in [0.15, 0.2) is 54.6 Å². The summed E-state index contributed by atoms with van der Waals surface area (Å²) < 4.78 is 10.8. The number of piperazine rings is 1. The molecule has 1 fully saturated rings. The lowest BCUT2D eigenvalue weighted by atomic mass is 9.97. The topological polar surface area (TPSA) is 59.1 Å². The van der Waals surface area contributed by atoms with Crippen LogP contribution in [-0.4, -0.2) is 56.7 Å². The predicted octanol–water partition coefficient (Wildman–Crippen LogP) is 3.08. The SMILES string of the molecule is CCC(C(=O)OCC(=O)N1CCN(c2ccccc2OC)CC1)c1ccccc1. The van der Waals surface area contributed by atoms with Gasteiger partial charge in [-0.2, -0.15) is 0 Å². The highest BCUT2D eigenvalue weighted by Crippen LogP contribution is 2.28. The van der Waals surface area contributed by atoms with Gasteiger partial charge in [-0.3, -0.25) is 9.59 Å². The highest BCUT2D eigenvalue weighted by Gasteiger charge is 2.25. The molecule has 1 atom stereocenters. The van der Waals surface area contributed by atoms with Crippen molar-refractivity contribution in [3.8, 4) is 5.75 Å². The van der Waals surface area contributed by atoms with Gasteiger partial charge in [-0.05, 0) is 24.1 Å². The minimum atomic E-state index is -0.347. The number of ether oxygens (including phenoxy) is 2. The Balaban J connectivity index is 1.50. The fourth-order valence-electron chi connectivity index (χ4n) is 3.64. The van der Waals surface area contributed by atoms with Gasteiger partial charge in [0.2, 0.25) is 0 Å². The summed E-state index contributed by atoms with van der Waals surface area (Å²) in [5, 5.41) is 0. The monoisotopic (exact) mass is 396 g/mol. The number of hydrogen-bond donors (Lipinski definition) is 0. The van der Waals surface area contributed by atoms with E-state index in [1.807, 2.05) is 61.5 Å². The van der Waals surface area contributed by atoms with Gasteiger partial charge >= 0.3 is 5.97 Å². The number of anilines is 1. The van der Waals surface area contributed by atoms with E-state index in [1.54, 1.807) is 12.0 Å². The van der Waals surface area contributed by atoms with Crippen LogP contribution >= 0.6 is 0 Å². The zero-order valence-corrected chi connectivity index (χ0v) is 17.0. The molecule has 0 N–H and O–H groups in total. The van der Waals surface area contributed by atoms with Crippen molar-refractivity contribution in [3.63, 3.8) is 0 Å². The fourth-order valence-corrected chi connectivity index (χ4v) is 3.64. The molecule has 2 aromatic rings. The molecular formula is C23H28N2O4. The van der Waals surface area contributed by atoms with Crippen LogP contribution in [0.4, 0.5) is 5.69 Å². The third-order valence-electron chi connectivity index (χ3n) is 5.29. The largest absolute Gasteiger partial charge is 0.495 e. The summed E-state index contributed by atoms with van der Waals surface area (Å²) in [6.07, 6.45) is 0.634. The molecule has 154 valence electrons. The molecule has 0 aliphatic carbocycles. The normalized spacial score (nSPS) is 15.0. The zero-order valence-electron chi connectivity index (χ0n) is 17.0. The van der Waals surface area contributed by atoms with E-state index in [-0.39, 0.29) is 24.4 Å². The van der Waals surface area contributed by atoms with Crippen molar-refractivity contribution < 1.29 is 19.1 Å². The van der Waals surface area contributed by atoms with Crippen molar-refractivity contribution in [2.24, 2.45) is 0 Å². The number of methoxy groups -OCH3 is 1. The summed E-state index contributed by atoms with van der Waals surface area (Å²) in [5.41, 5.74) is 1.94. The lowest BCUT2D eigenvalue weighted by Crippen LogP contribution is -2.50. The van der Waals surface area contributed by atoms with Crippen molar-refractivity contribution in [1.82, 2.24) is 4.90 Å². The number of hydrogen-bond acceptors (Lipinski definition) is 5. The van der Waals surface area contributed by atoms with Gasteiger partial charge in [0.05, 0.1) is 18.7 Å². The van der Waals surface area contributed by atoms with Crippen LogP contribution in [0.5, 0.6) is 5.75 Å². The number of rotatable bonds is 7. The maximum absolute atomic E-state index is 12.5. The maximum atomic E-state index is 12.5. The molecular weight excluding hydrogens is 368 g/mol. The van der Waals surface area contributed by atoms with Gasteiger partial charge in [0.1, 0.15) is 5.75 Å². The lowest BCUT2D eigenvalue weighted by Gasteiger charge is -2.36. The molecule has 6 nitrogen and oxygen atoms in total. The molecule has 0 aromatic heterocycles. The molecule has 1 unspecified atom stereocenters. The molecule has 3 rings (SSSR count). The fraction of sp³-hybridized carbons (Fsp3) is 0.391. The summed E-state index contributed by atoms with van der Waals surface area (Å²) >= 11 is 0. The summed E-state index contributed by atoms with van der Waals surface area (Å²) in [5.74, 6) is -0.0141. The molecule has 1 saturated heterocycles. The molecule has 2 aromatic carbocycles. The number of para-hydroxylation sites is 2. The number of benzene rings is 2. The van der Waals surface area contributed by atoms with Crippen LogP contribution in [0.25, 0.3) is 0 Å². The first-order valence-corrected chi connectivity index (χ1v) is 10.0. The Morgan fingerprint density at radius 2 is 1.62 bits per heavy atom. The maximum Gasteiger partial charge on any atom is 0.313 e. The van der Waals surface area contributed by atoms with Crippen LogP contribution in [0.2, 0.25) is 0 Å². The summed E-state index contributed by atoms with van der Waals surface area (Å²) in [6, 6.07) is 17.4. The summed E-state index contributed by atoms with van der Waals surface area (Å²) in [4.78, 5) is 28.9. The van der Waals surface area contributed by atoms with Gasteiger partial charge in [0.15, 0.2) is 6.61 Å². The Morgan fingerprint density at radius 3 is 2.28 bits per heavy atom. The van der Waals surface area contributed by atoms with Gasteiger partial charge in [-0.15, -0.1) is 0 Å². The average molecular weight is 396 g/mol. The Bertz CT molecular complexity index is 817. The summed E-state index contributed by atoms with van der Waals surface area (Å²) in [7, 11) is 1.66. The minimum Gasteiger partial charge on any atom is -0.495 e. The average Bonchev–Trinajstić information content (AvgIpc) is 2.78. The quantitative estimate of drug-likeness (QED) is 0.673. The molecule has 1 aliphatic rings. The second kappa shape index (κ2) is 9.96. The van der Waals surface area contributed by atoms with Crippen molar-refractivity contribution in [3.05, 3.63) is 60.2 Å². The van der Waals surface area contributed by atoms with Crippen molar-refractivity contribution in [2.75, 3.05) is 44.8 Å². The predicted molar refractivity (Wildman–Crippen MR) is 112 cm³/mol. The zero-order chi connectivity index (χ0) is 20.6. The Morgan fingerprint density at radius 1 is 0.966 bits per heavy atom. The second-order valence-electron chi connectivity index (χ2n) is 7.02. The number of amides is 1. The number of carbonyl (C=O) groups excluding carboxylic acids is 2. The molecule has 1 amide bonds. The Labute approximate surface area is 172 Å². The number of carbonyl (C=O) groups is 2. The molecule has 29 heavy (non-hydrogen) atoms. The van der Waals surface area contributed by atoms with E-state index >= 15 is 0 Å². The van der Waals surface area contributed by atoms with Crippen LogP contribution < -0.4 is 9.64 Å². The highest BCUT2D eigenvalue weighted by molar-refractivity contribution is 5.83. The molecule has 0 saturated carbocycles. The van der Waals surface area contributed by atoms with E-state index in [4.69, 9.17) is 9.47 Å². The Hall–Kier alpha value is -3.02. The molecule has 1 heterocycles. The van der Waals surface area contributed by atoms with Gasteiger partial charge in [-0.1, -0.05) is 49.4 Å². The van der Waals surface area contributed by atoms with Gasteiger partial charge in [0.25, 0.3) is 5.91 Å².